The highest BCUT2D eigenvalue weighted by molar-refractivity contribution is 5.22. The zero-order valence-electron chi connectivity index (χ0n) is 12.6. The molecule has 5 heteroatoms. The Kier molecular flexibility index (Phi) is 5.35. The topological polar surface area (TPSA) is 55.9 Å². The Hall–Kier alpha value is -1.62. The van der Waals surface area contributed by atoms with E-state index in [0.717, 1.165) is 43.9 Å². The van der Waals surface area contributed by atoms with Gasteiger partial charge in [-0.05, 0) is 19.0 Å². The van der Waals surface area contributed by atoms with Gasteiger partial charge in [-0.25, -0.2) is 4.98 Å². The van der Waals surface area contributed by atoms with Crippen LogP contribution in [0, 0.1) is 0 Å². The van der Waals surface area contributed by atoms with E-state index in [1.54, 1.807) is 12.6 Å². The second kappa shape index (κ2) is 7.24. The third-order valence-corrected chi connectivity index (χ3v) is 3.44. The SMILES string of the molecule is CCCn1ncnc1CC(NCC)c1ccoc1CC. The Bertz CT molecular complexity index is 517. The molecule has 0 spiro atoms. The fourth-order valence-electron chi connectivity index (χ4n) is 2.51. The number of hydrogen-bond donors (Lipinski definition) is 1. The summed E-state index contributed by atoms with van der Waals surface area (Å²) in [6.45, 7) is 8.22. The first-order chi connectivity index (χ1) is 9.80. The minimum Gasteiger partial charge on any atom is -0.469 e. The second-order valence-corrected chi connectivity index (χ2v) is 4.87. The summed E-state index contributed by atoms with van der Waals surface area (Å²) in [6, 6.07) is 2.29. The van der Waals surface area contributed by atoms with Gasteiger partial charge in [0.15, 0.2) is 0 Å². The largest absolute Gasteiger partial charge is 0.469 e. The van der Waals surface area contributed by atoms with Gasteiger partial charge in [-0.15, -0.1) is 0 Å². The molecule has 0 saturated heterocycles. The van der Waals surface area contributed by atoms with Crippen molar-refractivity contribution in [3.8, 4) is 0 Å². The molecule has 1 atom stereocenters. The molecule has 0 amide bonds. The summed E-state index contributed by atoms with van der Waals surface area (Å²) in [5.74, 6) is 2.08. The summed E-state index contributed by atoms with van der Waals surface area (Å²) in [5.41, 5.74) is 1.24. The monoisotopic (exact) mass is 276 g/mol. The number of furan rings is 1. The van der Waals surface area contributed by atoms with Gasteiger partial charge in [-0.3, -0.25) is 4.68 Å². The van der Waals surface area contributed by atoms with Crippen LogP contribution in [-0.2, 0) is 19.4 Å². The molecule has 0 aliphatic heterocycles. The molecule has 2 rings (SSSR count). The van der Waals surface area contributed by atoms with E-state index in [4.69, 9.17) is 4.42 Å². The van der Waals surface area contributed by atoms with Crippen molar-refractivity contribution in [2.24, 2.45) is 0 Å². The Morgan fingerprint density at radius 2 is 2.20 bits per heavy atom. The van der Waals surface area contributed by atoms with E-state index in [1.165, 1.54) is 5.56 Å². The average Bonchev–Trinajstić information content (AvgIpc) is 3.08. The average molecular weight is 276 g/mol. The summed E-state index contributed by atoms with van der Waals surface area (Å²) < 4.78 is 7.55. The summed E-state index contributed by atoms with van der Waals surface area (Å²) in [5, 5.41) is 7.82. The molecule has 2 heterocycles. The number of likely N-dealkylation sites (N-methyl/N-ethyl adjacent to an activating group) is 1. The van der Waals surface area contributed by atoms with Crippen LogP contribution >= 0.6 is 0 Å². The van der Waals surface area contributed by atoms with Crippen LogP contribution in [0.1, 0.15) is 50.4 Å². The van der Waals surface area contributed by atoms with Crippen molar-refractivity contribution in [2.45, 2.75) is 52.6 Å². The quantitative estimate of drug-likeness (QED) is 0.805. The molecule has 5 nitrogen and oxygen atoms in total. The van der Waals surface area contributed by atoms with Crippen LogP contribution in [0.2, 0.25) is 0 Å². The lowest BCUT2D eigenvalue weighted by Gasteiger charge is -2.17. The van der Waals surface area contributed by atoms with E-state index in [1.807, 2.05) is 4.68 Å². The van der Waals surface area contributed by atoms with Gasteiger partial charge in [0.25, 0.3) is 0 Å². The molecular formula is C15H24N4O. The molecular weight excluding hydrogens is 252 g/mol. The van der Waals surface area contributed by atoms with Gasteiger partial charge < -0.3 is 9.73 Å². The second-order valence-electron chi connectivity index (χ2n) is 4.87. The van der Waals surface area contributed by atoms with Crippen molar-refractivity contribution in [2.75, 3.05) is 6.54 Å². The van der Waals surface area contributed by atoms with E-state index in [0.29, 0.717) is 0 Å². The summed E-state index contributed by atoms with van der Waals surface area (Å²) in [4.78, 5) is 4.40. The first kappa shape index (κ1) is 14.8. The highest BCUT2D eigenvalue weighted by Gasteiger charge is 2.19. The van der Waals surface area contributed by atoms with Crippen LogP contribution in [0.4, 0.5) is 0 Å². The van der Waals surface area contributed by atoms with Crippen LogP contribution in [0.25, 0.3) is 0 Å². The molecule has 0 fully saturated rings. The summed E-state index contributed by atoms with van der Waals surface area (Å²) >= 11 is 0. The zero-order valence-corrected chi connectivity index (χ0v) is 12.6. The number of aromatic nitrogens is 3. The van der Waals surface area contributed by atoms with E-state index < -0.39 is 0 Å². The maximum Gasteiger partial charge on any atom is 0.138 e. The van der Waals surface area contributed by atoms with Crippen molar-refractivity contribution in [1.29, 1.82) is 0 Å². The van der Waals surface area contributed by atoms with E-state index in [9.17, 15) is 0 Å². The van der Waals surface area contributed by atoms with Crippen LogP contribution in [0.15, 0.2) is 23.1 Å². The van der Waals surface area contributed by atoms with Crippen molar-refractivity contribution >= 4 is 0 Å². The minimum atomic E-state index is 0.230. The lowest BCUT2D eigenvalue weighted by Crippen LogP contribution is -2.25. The fraction of sp³-hybridized carbons (Fsp3) is 0.600. The van der Waals surface area contributed by atoms with Gasteiger partial charge in [-0.1, -0.05) is 20.8 Å². The lowest BCUT2D eigenvalue weighted by molar-refractivity contribution is 0.471. The molecule has 2 aromatic heterocycles. The van der Waals surface area contributed by atoms with Crippen molar-refractivity contribution in [3.05, 3.63) is 35.8 Å². The molecule has 1 N–H and O–H groups in total. The maximum atomic E-state index is 5.56. The van der Waals surface area contributed by atoms with Crippen molar-refractivity contribution in [1.82, 2.24) is 20.1 Å². The van der Waals surface area contributed by atoms with Crippen LogP contribution in [0.3, 0.4) is 0 Å². The number of aryl methyl sites for hydroxylation is 2. The first-order valence-corrected chi connectivity index (χ1v) is 7.46. The molecule has 0 aliphatic rings. The number of nitrogens with zero attached hydrogens (tertiary/aromatic N) is 3. The molecule has 0 bridgehead atoms. The highest BCUT2D eigenvalue weighted by atomic mass is 16.3. The molecule has 0 radical (unpaired) electrons. The molecule has 0 saturated carbocycles. The molecule has 110 valence electrons. The summed E-state index contributed by atoms with van der Waals surface area (Å²) in [6.07, 6.45) is 6.22. The third-order valence-electron chi connectivity index (χ3n) is 3.44. The Morgan fingerprint density at radius 1 is 1.35 bits per heavy atom. The Morgan fingerprint density at radius 3 is 2.90 bits per heavy atom. The van der Waals surface area contributed by atoms with Gasteiger partial charge in [0.1, 0.15) is 17.9 Å². The summed E-state index contributed by atoms with van der Waals surface area (Å²) in [7, 11) is 0. The fourth-order valence-corrected chi connectivity index (χ4v) is 2.51. The predicted molar refractivity (Wildman–Crippen MR) is 78.5 cm³/mol. The van der Waals surface area contributed by atoms with E-state index in [2.05, 4.69) is 42.2 Å². The van der Waals surface area contributed by atoms with Gasteiger partial charge in [0, 0.05) is 31.0 Å². The maximum absolute atomic E-state index is 5.56. The highest BCUT2D eigenvalue weighted by Crippen LogP contribution is 2.23. The normalized spacial score (nSPS) is 12.8. The molecule has 0 aliphatic carbocycles. The number of nitrogens with one attached hydrogen (secondary N) is 1. The lowest BCUT2D eigenvalue weighted by atomic mass is 10.0. The standard InChI is InChI=1S/C15H24N4O/c1-4-8-19-15(17-11-18-19)10-13(16-6-3)12-7-9-20-14(12)5-2/h7,9,11,13,16H,4-6,8,10H2,1-3H3. The number of hydrogen-bond acceptors (Lipinski definition) is 4. The van der Waals surface area contributed by atoms with Crippen LogP contribution in [0.5, 0.6) is 0 Å². The molecule has 20 heavy (non-hydrogen) atoms. The minimum absolute atomic E-state index is 0.230. The first-order valence-electron chi connectivity index (χ1n) is 7.46. The van der Waals surface area contributed by atoms with Gasteiger partial charge in [0.05, 0.1) is 6.26 Å². The van der Waals surface area contributed by atoms with Crippen LogP contribution < -0.4 is 5.32 Å². The van der Waals surface area contributed by atoms with E-state index in [-0.39, 0.29) is 6.04 Å². The molecule has 0 aromatic carbocycles. The third kappa shape index (κ3) is 3.28. The Balaban J connectivity index is 2.19. The van der Waals surface area contributed by atoms with Crippen LogP contribution in [-0.4, -0.2) is 21.3 Å². The number of rotatable bonds is 8. The Labute approximate surface area is 120 Å². The predicted octanol–water partition coefficient (Wildman–Crippen LogP) is 2.74. The molecule has 2 aromatic rings. The van der Waals surface area contributed by atoms with E-state index >= 15 is 0 Å². The van der Waals surface area contributed by atoms with Gasteiger partial charge in [0.2, 0.25) is 0 Å². The van der Waals surface area contributed by atoms with Gasteiger partial charge >= 0.3 is 0 Å². The smallest absolute Gasteiger partial charge is 0.138 e. The van der Waals surface area contributed by atoms with Gasteiger partial charge in [-0.2, -0.15) is 5.10 Å². The van der Waals surface area contributed by atoms with Crippen molar-refractivity contribution in [3.63, 3.8) is 0 Å². The molecule has 1 unspecified atom stereocenters. The van der Waals surface area contributed by atoms with Crippen molar-refractivity contribution < 1.29 is 4.42 Å². The zero-order chi connectivity index (χ0) is 14.4.